The number of hydrogen-bond donors (Lipinski definition) is 0. The van der Waals surface area contributed by atoms with Crippen molar-refractivity contribution in [2.45, 2.75) is 0 Å². The smallest absolute Gasteiger partial charge is 0.271 e. The summed E-state index contributed by atoms with van der Waals surface area (Å²) in [6, 6.07) is 0. The first kappa shape index (κ1) is 8.49. The second-order valence-electron chi connectivity index (χ2n) is 2.80. The Morgan fingerprint density at radius 2 is 2.29 bits per heavy atom. The van der Waals surface area contributed by atoms with Crippen LogP contribution < -0.4 is 0 Å². The lowest BCUT2D eigenvalue weighted by atomic mass is 9.96. The average Bonchev–Trinajstić information content (AvgIpc) is 2.17. The van der Waals surface area contributed by atoms with Crippen molar-refractivity contribution < 1.29 is 9.72 Å². The van der Waals surface area contributed by atoms with E-state index >= 15 is 0 Å². The summed E-state index contributed by atoms with van der Waals surface area (Å²) in [5, 5.41) is 10.4. The largest absolute Gasteiger partial charge is 0.271 e. The van der Waals surface area contributed by atoms with Gasteiger partial charge in [0.25, 0.3) is 11.6 Å². The highest BCUT2D eigenvalue weighted by molar-refractivity contribution is 6.18. The second-order valence-corrected chi connectivity index (χ2v) is 2.80. The van der Waals surface area contributed by atoms with E-state index in [1.54, 1.807) is 0 Å². The number of hydrogen-bond acceptors (Lipinski definition) is 4. The lowest BCUT2D eigenvalue weighted by Gasteiger charge is -2.13. The number of fused-ring (bicyclic) bond motifs is 1. The van der Waals surface area contributed by atoms with Crippen LogP contribution in [0.5, 0.6) is 0 Å². The predicted molar refractivity (Wildman–Crippen MR) is 48.6 cm³/mol. The van der Waals surface area contributed by atoms with Crippen LogP contribution in [-0.4, -0.2) is 22.9 Å². The van der Waals surface area contributed by atoms with Gasteiger partial charge in [0.05, 0.1) is 10.6 Å². The van der Waals surface area contributed by atoms with Gasteiger partial charge in [-0.05, 0) is 0 Å². The Morgan fingerprint density at radius 3 is 3.00 bits per heavy atom. The van der Waals surface area contributed by atoms with E-state index in [2.05, 4.69) is 9.98 Å². The molecule has 1 amide bonds. The van der Waals surface area contributed by atoms with Gasteiger partial charge >= 0.3 is 0 Å². The molecule has 6 heteroatoms. The quantitative estimate of drug-likeness (QED) is 0.442. The summed E-state index contributed by atoms with van der Waals surface area (Å²) < 4.78 is 0. The number of allylic oxidation sites excluding steroid dienone is 2. The van der Waals surface area contributed by atoms with E-state index in [4.69, 9.17) is 0 Å². The van der Waals surface area contributed by atoms with Crippen molar-refractivity contribution in [3.05, 3.63) is 34.0 Å². The van der Waals surface area contributed by atoms with Crippen molar-refractivity contribution in [2.24, 2.45) is 15.9 Å². The fraction of sp³-hybridized carbons (Fsp3) is 0.125. The number of aliphatic imine (C=N–C) groups is 2. The van der Waals surface area contributed by atoms with Crippen molar-refractivity contribution in [1.82, 2.24) is 0 Å². The normalized spacial score (nSPS) is 24.0. The van der Waals surface area contributed by atoms with Gasteiger partial charge in [-0.15, -0.1) is 0 Å². The van der Waals surface area contributed by atoms with Crippen LogP contribution in [0.3, 0.4) is 0 Å². The Bertz CT molecular complexity index is 431. The number of carbonyl (C=O) groups excluding carboxylic acids is 1. The monoisotopic (exact) mass is 191 g/mol. The molecule has 1 unspecified atom stereocenters. The number of amides is 1. The minimum absolute atomic E-state index is 0.0666. The molecule has 14 heavy (non-hydrogen) atoms. The number of carbonyl (C=O) groups is 1. The van der Waals surface area contributed by atoms with Crippen LogP contribution in [-0.2, 0) is 4.79 Å². The Labute approximate surface area is 78.5 Å². The molecular weight excluding hydrogens is 186 g/mol. The zero-order valence-electron chi connectivity index (χ0n) is 6.95. The third kappa shape index (κ3) is 1.26. The maximum atomic E-state index is 11.2. The molecule has 0 spiro atoms. The lowest BCUT2D eigenvalue weighted by molar-refractivity contribution is -0.419. The summed E-state index contributed by atoms with van der Waals surface area (Å²) in [4.78, 5) is 28.4. The van der Waals surface area contributed by atoms with Crippen LogP contribution in [0.25, 0.3) is 0 Å². The average molecular weight is 191 g/mol. The third-order valence-electron chi connectivity index (χ3n) is 1.94. The van der Waals surface area contributed by atoms with Crippen molar-refractivity contribution in [2.75, 3.05) is 0 Å². The molecule has 2 rings (SSSR count). The second kappa shape index (κ2) is 2.99. The van der Waals surface area contributed by atoms with E-state index in [1.165, 1.54) is 18.2 Å². The van der Waals surface area contributed by atoms with E-state index < -0.39 is 10.8 Å². The van der Waals surface area contributed by atoms with Crippen LogP contribution >= 0.6 is 0 Å². The summed E-state index contributed by atoms with van der Waals surface area (Å²) in [5.74, 6) is -0.895. The highest BCUT2D eigenvalue weighted by atomic mass is 16.6. The molecule has 1 heterocycles. The number of nitro groups is 1. The lowest BCUT2D eigenvalue weighted by Crippen LogP contribution is -2.25. The summed E-state index contributed by atoms with van der Waals surface area (Å²) in [7, 11) is 0. The van der Waals surface area contributed by atoms with E-state index in [-0.39, 0.29) is 11.6 Å². The van der Waals surface area contributed by atoms with Crippen molar-refractivity contribution >= 4 is 18.0 Å². The first-order valence-electron chi connectivity index (χ1n) is 3.87. The van der Waals surface area contributed by atoms with Crippen LogP contribution in [0.1, 0.15) is 0 Å². The van der Waals surface area contributed by atoms with Gasteiger partial charge in [0.15, 0.2) is 0 Å². The fourth-order valence-corrected chi connectivity index (χ4v) is 1.26. The van der Waals surface area contributed by atoms with Gasteiger partial charge in [0.1, 0.15) is 12.3 Å². The molecule has 0 saturated carbocycles. The summed E-state index contributed by atoms with van der Waals surface area (Å²) >= 11 is 0. The molecule has 0 aromatic heterocycles. The molecular formula is C8H5N3O3. The van der Waals surface area contributed by atoms with Gasteiger partial charge in [-0.25, -0.2) is 9.98 Å². The summed E-state index contributed by atoms with van der Waals surface area (Å²) in [6.07, 6.45) is 5.13. The Hall–Kier alpha value is -2.11. The highest BCUT2D eigenvalue weighted by Gasteiger charge is 2.27. The molecule has 0 fully saturated rings. The van der Waals surface area contributed by atoms with Crippen molar-refractivity contribution in [3.63, 3.8) is 0 Å². The number of nitrogens with zero attached hydrogens (tertiary/aromatic N) is 3. The summed E-state index contributed by atoms with van der Waals surface area (Å²) in [6.45, 7) is 0. The maximum Gasteiger partial charge on any atom is 0.271 e. The first-order valence-corrected chi connectivity index (χ1v) is 3.87. The predicted octanol–water partition coefficient (Wildman–Crippen LogP) is 0.343. The van der Waals surface area contributed by atoms with Gasteiger partial charge < -0.3 is 0 Å². The minimum Gasteiger partial charge on any atom is -0.271 e. The molecule has 0 N–H and O–H groups in total. The molecule has 1 aliphatic heterocycles. The van der Waals surface area contributed by atoms with Crippen LogP contribution in [0.2, 0.25) is 0 Å². The van der Waals surface area contributed by atoms with Gasteiger partial charge in [0, 0.05) is 12.2 Å². The molecule has 0 bridgehead atoms. The van der Waals surface area contributed by atoms with Gasteiger partial charge in [-0.2, -0.15) is 0 Å². The SMILES string of the molecule is O=C1N=CN=C2C=C([N+](=O)[O-])C=CC12. The van der Waals surface area contributed by atoms with Crippen LogP contribution in [0.15, 0.2) is 33.9 Å². The van der Waals surface area contributed by atoms with Gasteiger partial charge in [0.2, 0.25) is 0 Å². The molecule has 0 saturated heterocycles. The molecule has 70 valence electrons. The Balaban J connectivity index is 2.40. The maximum absolute atomic E-state index is 11.2. The fourth-order valence-electron chi connectivity index (χ4n) is 1.26. The standard InChI is InChI=1S/C8H5N3O3/c12-8-6-2-1-5(11(13)14)3-7(6)9-4-10-8/h1-4,6H. The zero-order chi connectivity index (χ0) is 10.1. The van der Waals surface area contributed by atoms with E-state index in [9.17, 15) is 14.9 Å². The van der Waals surface area contributed by atoms with Crippen molar-refractivity contribution in [1.29, 1.82) is 0 Å². The topological polar surface area (TPSA) is 84.9 Å². The molecule has 0 aromatic carbocycles. The zero-order valence-corrected chi connectivity index (χ0v) is 6.95. The molecule has 6 nitrogen and oxygen atoms in total. The van der Waals surface area contributed by atoms with Gasteiger partial charge in [-0.1, -0.05) is 6.08 Å². The van der Waals surface area contributed by atoms with Crippen LogP contribution in [0.4, 0.5) is 0 Å². The van der Waals surface area contributed by atoms with E-state index in [0.717, 1.165) is 6.34 Å². The number of rotatable bonds is 1. The molecule has 1 aliphatic carbocycles. The Kier molecular flexibility index (Phi) is 1.81. The van der Waals surface area contributed by atoms with Gasteiger partial charge in [-0.3, -0.25) is 14.9 Å². The van der Waals surface area contributed by atoms with E-state index in [0.29, 0.717) is 5.71 Å². The van der Waals surface area contributed by atoms with E-state index in [1.807, 2.05) is 0 Å². The third-order valence-corrected chi connectivity index (χ3v) is 1.94. The first-order chi connectivity index (χ1) is 6.68. The minimum atomic E-state index is -0.552. The molecule has 0 radical (unpaired) electrons. The Morgan fingerprint density at radius 1 is 1.50 bits per heavy atom. The molecule has 1 atom stereocenters. The molecule has 0 aromatic rings. The van der Waals surface area contributed by atoms with Crippen LogP contribution in [0, 0.1) is 16.0 Å². The van der Waals surface area contributed by atoms with Crippen molar-refractivity contribution in [3.8, 4) is 0 Å². The summed E-state index contributed by atoms with van der Waals surface area (Å²) in [5.41, 5.74) is 0.308. The highest BCUT2D eigenvalue weighted by Crippen LogP contribution is 2.18. The molecule has 2 aliphatic rings.